The molecule has 1 unspecified atom stereocenters. The molecule has 4 nitrogen and oxygen atoms in total. The SMILES string of the molecule is CCCOCCN1CCCC(C)(C(=O)O)C1. The van der Waals surface area contributed by atoms with Gasteiger partial charge >= 0.3 is 5.97 Å². The third-order valence-corrected chi connectivity index (χ3v) is 3.19. The van der Waals surface area contributed by atoms with Crippen LogP contribution in [0, 0.1) is 5.41 Å². The fourth-order valence-corrected chi connectivity index (χ4v) is 2.15. The van der Waals surface area contributed by atoms with Gasteiger partial charge < -0.3 is 9.84 Å². The van der Waals surface area contributed by atoms with Crippen molar-refractivity contribution < 1.29 is 14.6 Å². The van der Waals surface area contributed by atoms with Crippen LogP contribution < -0.4 is 0 Å². The minimum absolute atomic E-state index is 0.566. The number of likely N-dealkylation sites (tertiary alicyclic amines) is 1. The summed E-state index contributed by atoms with van der Waals surface area (Å²) < 4.78 is 5.43. The zero-order valence-electron chi connectivity index (χ0n) is 10.4. The number of carbonyl (C=O) groups is 1. The topological polar surface area (TPSA) is 49.8 Å². The number of carboxylic acids is 1. The normalized spacial score (nSPS) is 26.9. The van der Waals surface area contributed by atoms with Crippen molar-refractivity contribution in [1.29, 1.82) is 0 Å². The maximum atomic E-state index is 11.1. The van der Waals surface area contributed by atoms with Crippen molar-refractivity contribution in [3.05, 3.63) is 0 Å². The second kappa shape index (κ2) is 6.21. The van der Waals surface area contributed by atoms with E-state index in [1.165, 1.54) is 0 Å². The molecule has 0 amide bonds. The van der Waals surface area contributed by atoms with Crippen LogP contribution in [-0.2, 0) is 9.53 Å². The number of hydrogen-bond donors (Lipinski definition) is 1. The molecule has 0 aromatic heterocycles. The van der Waals surface area contributed by atoms with Crippen molar-refractivity contribution in [1.82, 2.24) is 4.90 Å². The minimum atomic E-state index is -0.674. The van der Waals surface area contributed by atoms with Crippen LogP contribution in [-0.4, -0.2) is 48.8 Å². The molecule has 1 rings (SSSR count). The molecule has 0 saturated carbocycles. The summed E-state index contributed by atoms with van der Waals surface area (Å²) in [4.78, 5) is 13.3. The lowest BCUT2D eigenvalue weighted by Gasteiger charge is -2.37. The van der Waals surface area contributed by atoms with Crippen molar-refractivity contribution in [3.63, 3.8) is 0 Å². The average Bonchev–Trinajstić information content (AvgIpc) is 2.24. The lowest BCUT2D eigenvalue weighted by atomic mass is 9.82. The molecule has 1 N–H and O–H groups in total. The molecule has 0 radical (unpaired) electrons. The maximum absolute atomic E-state index is 11.1. The van der Waals surface area contributed by atoms with Gasteiger partial charge in [-0.3, -0.25) is 9.69 Å². The lowest BCUT2D eigenvalue weighted by Crippen LogP contribution is -2.46. The summed E-state index contributed by atoms with van der Waals surface area (Å²) in [6.45, 7) is 7.93. The standard InChI is InChI=1S/C12H23NO3/c1-3-8-16-9-7-13-6-4-5-12(2,10-13)11(14)15/h3-10H2,1-2H3,(H,14,15). The summed E-state index contributed by atoms with van der Waals surface area (Å²) in [5.41, 5.74) is -0.566. The number of carboxylic acid groups (broad SMARTS) is 1. The molecule has 94 valence electrons. The quantitative estimate of drug-likeness (QED) is 0.703. The van der Waals surface area contributed by atoms with E-state index in [1.807, 2.05) is 6.92 Å². The molecule has 0 aromatic rings. The highest BCUT2D eigenvalue weighted by molar-refractivity contribution is 5.74. The zero-order chi connectivity index (χ0) is 12.0. The predicted molar refractivity (Wildman–Crippen MR) is 62.5 cm³/mol. The van der Waals surface area contributed by atoms with Crippen LogP contribution in [0.3, 0.4) is 0 Å². The average molecular weight is 229 g/mol. The Morgan fingerprint density at radius 3 is 2.88 bits per heavy atom. The van der Waals surface area contributed by atoms with Crippen molar-refractivity contribution >= 4 is 5.97 Å². The summed E-state index contributed by atoms with van der Waals surface area (Å²) in [6.07, 6.45) is 2.79. The summed E-state index contributed by atoms with van der Waals surface area (Å²) in [5.74, 6) is -0.674. The van der Waals surface area contributed by atoms with E-state index in [0.29, 0.717) is 13.2 Å². The van der Waals surface area contributed by atoms with Gasteiger partial charge in [0.15, 0.2) is 0 Å². The third kappa shape index (κ3) is 3.76. The van der Waals surface area contributed by atoms with Gasteiger partial charge in [-0.15, -0.1) is 0 Å². The number of piperidine rings is 1. The van der Waals surface area contributed by atoms with Crippen LogP contribution in [0.1, 0.15) is 33.1 Å². The van der Waals surface area contributed by atoms with Gasteiger partial charge in [0.25, 0.3) is 0 Å². The fraction of sp³-hybridized carbons (Fsp3) is 0.917. The van der Waals surface area contributed by atoms with Crippen molar-refractivity contribution in [2.24, 2.45) is 5.41 Å². The molecular weight excluding hydrogens is 206 g/mol. The molecule has 0 bridgehead atoms. The van der Waals surface area contributed by atoms with E-state index in [1.54, 1.807) is 0 Å². The van der Waals surface area contributed by atoms with E-state index in [2.05, 4.69) is 11.8 Å². The van der Waals surface area contributed by atoms with Crippen molar-refractivity contribution in [2.75, 3.05) is 32.8 Å². The Balaban J connectivity index is 2.30. The molecule has 0 aliphatic carbocycles. The first-order chi connectivity index (χ1) is 7.58. The van der Waals surface area contributed by atoms with E-state index < -0.39 is 11.4 Å². The van der Waals surface area contributed by atoms with Crippen LogP contribution in [0.15, 0.2) is 0 Å². The van der Waals surface area contributed by atoms with Gasteiger partial charge in [0.05, 0.1) is 12.0 Å². The van der Waals surface area contributed by atoms with E-state index in [9.17, 15) is 4.79 Å². The summed E-state index contributed by atoms with van der Waals surface area (Å²) in [7, 11) is 0. The Morgan fingerprint density at radius 2 is 2.25 bits per heavy atom. The largest absolute Gasteiger partial charge is 0.481 e. The Bertz CT molecular complexity index is 232. The van der Waals surface area contributed by atoms with Crippen LogP contribution in [0.4, 0.5) is 0 Å². The Kier molecular flexibility index (Phi) is 5.22. The first-order valence-electron chi connectivity index (χ1n) is 6.12. The van der Waals surface area contributed by atoms with Gasteiger partial charge in [-0.2, -0.15) is 0 Å². The molecule has 1 saturated heterocycles. The van der Waals surface area contributed by atoms with Gasteiger partial charge in [0.1, 0.15) is 0 Å². The highest BCUT2D eigenvalue weighted by Gasteiger charge is 2.37. The smallest absolute Gasteiger partial charge is 0.310 e. The third-order valence-electron chi connectivity index (χ3n) is 3.19. The van der Waals surface area contributed by atoms with Gasteiger partial charge in [-0.25, -0.2) is 0 Å². The molecule has 1 fully saturated rings. The molecular formula is C12H23NO3. The molecule has 0 spiro atoms. The van der Waals surface area contributed by atoms with E-state index in [0.717, 1.165) is 39.0 Å². The second-order valence-electron chi connectivity index (χ2n) is 4.86. The number of aliphatic carboxylic acids is 1. The minimum Gasteiger partial charge on any atom is -0.481 e. The molecule has 1 heterocycles. The van der Waals surface area contributed by atoms with Gasteiger partial charge in [0.2, 0.25) is 0 Å². The lowest BCUT2D eigenvalue weighted by molar-refractivity contribution is -0.151. The number of hydrogen-bond acceptors (Lipinski definition) is 3. The predicted octanol–water partition coefficient (Wildman–Crippen LogP) is 1.60. The van der Waals surface area contributed by atoms with Crippen LogP contribution in [0.5, 0.6) is 0 Å². The molecule has 0 aromatic carbocycles. The van der Waals surface area contributed by atoms with Gasteiger partial charge in [-0.1, -0.05) is 6.92 Å². The molecule has 1 aliphatic rings. The van der Waals surface area contributed by atoms with E-state index in [4.69, 9.17) is 9.84 Å². The van der Waals surface area contributed by atoms with Crippen molar-refractivity contribution in [2.45, 2.75) is 33.1 Å². The molecule has 4 heteroatoms. The molecule has 16 heavy (non-hydrogen) atoms. The van der Waals surface area contributed by atoms with Gasteiger partial charge in [-0.05, 0) is 32.7 Å². The van der Waals surface area contributed by atoms with Crippen LogP contribution in [0.2, 0.25) is 0 Å². The van der Waals surface area contributed by atoms with E-state index in [-0.39, 0.29) is 0 Å². The summed E-state index contributed by atoms with van der Waals surface area (Å²) in [5, 5.41) is 9.17. The van der Waals surface area contributed by atoms with Gasteiger partial charge in [0, 0.05) is 19.7 Å². The first-order valence-corrected chi connectivity index (χ1v) is 6.12. The maximum Gasteiger partial charge on any atom is 0.310 e. The number of rotatable bonds is 6. The summed E-state index contributed by atoms with van der Waals surface area (Å²) in [6, 6.07) is 0. The monoisotopic (exact) mass is 229 g/mol. The number of ether oxygens (including phenoxy) is 1. The van der Waals surface area contributed by atoms with E-state index >= 15 is 0 Å². The zero-order valence-corrected chi connectivity index (χ0v) is 10.4. The fourth-order valence-electron chi connectivity index (χ4n) is 2.15. The Morgan fingerprint density at radius 1 is 1.50 bits per heavy atom. The molecule has 1 aliphatic heterocycles. The summed E-state index contributed by atoms with van der Waals surface area (Å²) >= 11 is 0. The highest BCUT2D eigenvalue weighted by Crippen LogP contribution is 2.29. The Labute approximate surface area is 97.6 Å². The number of nitrogens with zero attached hydrogens (tertiary/aromatic N) is 1. The Hall–Kier alpha value is -0.610. The van der Waals surface area contributed by atoms with Crippen molar-refractivity contribution in [3.8, 4) is 0 Å². The van der Waals surface area contributed by atoms with Crippen LogP contribution in [0.25, 0.3) is 0 Å². The second-order valence-corrected chi connectivity index (χ2v) is 4.86. The first kappa shape index (κ1) is 13.5. The highest BCUT2D eigenvalue weighted by atomic mass is 16.5. The molecule has 1 atom stereocenters. The van der Waals surface area contributed by atoms with Crippen LogP contribution >= 0.6 is 0 Å².